The van der Waals surface area contributed by atoms with Gasteiger partial charge in [0.2, 0.25) is 5.71 Å². The van der Waals surface area contributed by atoms with Crippen molar-refractivity contribution < 1.29 is 9.52 Å². The van der Waals surface area contributed by atoms with Gasteiger partial charge in [-0.1, -0.05) is 0 Å². The van der Waals surface area contributed by atoms with Gasteiger partial charge in [0.15, 0.2) is 0 Å². The summed E-state index contributed by atoms with van der Waals surface area (Å²) in [6.45, 7) is 4.59. The second-order valence-corrected chi connectivity index (χ2v) is 7.19. The summed E-state index contributed by atoms with van der Waals surface area (Å²) in [6.07, 6.45) is 8.31. The van der Waals surface area contributed by atoms with Crippen LogP contribution in [0.15, 0.2) is 29.0 Å². The van der Waals surface area contributed by atoms with Crippen molar-refractivity contribution in [3.8, 4) is 0 Å². The van der Waals surface area contributed by atoms with Gasteiger partial charge >= 0.3 is 0 Å². The Morgan fingerprint density at radius 3 is 2.79 bits per heavy atom. The third-order valence-corrected chi connectivity index (χ3v) is 5.93. The number of piperidine rings is 2. The monoisotopic (exact) mass is 329 g/mol. The van der Waals surface area contributed by atoms with Crippen molar-refractivity contribution in [2.24, 2.45) is 5.92 Å². The van der Waals surface area contributed by atoms with E-state index in [-0.39, 0.29) is 6.61 Å². The van der Waals surface area contributed by atoms with E-state index in [0.29, 0.717) is 17.9 Å². The van der Waals surface area contributed by atoms with Crippen LogP contribution in [0.2, 0.25) is 0 Å². The summed E-state index contributed by atoms with van der Waals surface area (Å²) >= 11 is 0. The van der Waals surface area contributed by atoms with E-state index in [1.807, 2.05) is 12.3 Å². The van der Waals surface area contributed by atoms with Crippen LogP contribution in [0.25, 0.3) is 11.1 Å². The smallest absolute Gasteiger partial charge is 0.226 e. The topological polar surface area (TPSA) is 61.5 Å². The standard InChI is InChI=1S/C19H27N3O2/c23-12-18(15-3-8-20-9-4-15)22-10-5-14(6-11-22)17-13-24-19-16(17)2-1-7-21-19/h1-2,7,13-15,18,20,23H,3-6,8-12H2. The van der Waals surface area contributed by atoms with E-state index >= 15 is 0 Å². The summed E-state index contributed by atoms with van der Waals surface area (Å²) in [5.41, 5.74) is 2.05. The van der Waals surface area contributed by atoms with Crippen LogP contribution in [0.1, 0.15) is 37.2 Å². The molecular weight excluding hydrogens is 302 g/mol. The van der Waals surface area contributed by atoms with Crippen LogP contribution in [-0.2, 0) is 0 Å². The van der Waals surface area contributed by atoms with Crippen molar-refractivity contribution in [2.75, 3.05) is 32.8 Å². The fourth-order valence-electron chi connectivity index (χ4n) is 4.54. The predicted molar refractivity (Wildman–Crippen MR) is 94.0 cm³/mol. The number of nitrogens with zero attached hydrogens (tertiary/aromatic N) is 2. The number of aromatic nitrogens is 1. The maximum absolute atomic E-state index is 9.94. The molecule has 2 aliphatic heterocycles. The molecule has 0 aromatic carbocycles. The Hall–Kier alpha value is -1.43. The average Bonchev–Trinajstić information content (AvgIpc) is 3.08. The Balaban J connectivity index is 1.42. The molecule has 1 unspecified atom stereocenters. The molecule has 4 heterocycles. The minimum Gasteiger partial charge on any atom is -0.446 e. The Morgan fingerprint density at radius 2 is 2.04 bits per heavy atom. The van der Waals surface area contributed by atoms with Crippen LogP contribution < -0.4 is 5.32 Å². The van der Waals surface area contributed by atoms with Gasteiger partial charge < -0.3 is 14.8 Å². The maximum atomic E-state index is 9.94. The molecule has 0 saturated carbocycles. The number of pyridine rings is 1. The number of fused-ring (bicyclic) bond motifs is 1. The molecule has 0 aliphatic carbocycles. The summed E-state index contributed by atoms with van der Waals surface area (Å²) in [7, 11) is 0. The number of likely N-dealkylation sites (tertiary alicyclic amines) is 1. The van der Waals surface area contributed by atoms with Gasteiger partial charge in [-0.15, -0.1) is 0 Å². The number of aliphatic hydroxyl groups is 1. The summed E-state index contributed by atoms with van der Waals surface area (Å²) in [6, 6.07) is 4.42. The quantitative estimate of drug-likeness (QED) is 0.902. The van der Waals surface area contributed by atoms with E-state index in [2.05, 4.69) is 21.3 Å². The van der Waals surface area contributed by atoms with E-state index in [0.717, 1.165) is 50.1 Å². The van der Waals surface area contributed by atoms with Gasteiger partial charge in [-0.3, -0.25) is 4.90 Å². The van der Waals surface area contributed by atoms with E-state index in [1.54, 1.807) is 6.20 Å². The number of hydrogen-bond acceptors (Lipinski definition) is 5. The first kappa shape index (κ1) is 16.1. The van der Waals surface area contributed by atoms with Crippen LogP contribution in [0, 0.1) is 5.92 Å². The van der Waals surface area contributed by atoms with Crippen LogP contribution in [0.4, 0.5) is 0 Å². The highest BCUT2D eigenvalue weighted by molar-refractivity contribution is 5.77. The highest BCUT2D eigenvalue weighted by Gasteiger charge is 2.32. The highest BCUT2D eigenvalue weighted by Crippen LogP contribution is 2.35. The van der Waals surface area contributed by atoms with Gasteiger partial charge in [0, 0.05) is 23.2 Å². The molecule has 2 N–H and O–H groups in total. The first-order valence-corrected chi connectivity index (χ1v) is 9.24. The van der Waals surface area contributed by atoms with E-state index in [4.69, 9.17) is 4.42 Å². The lowest BCUT2D eigenvalue weighted by Crippen LogP contribution is -2.49. The van der Waals surface area contributed by atoms with Crippen molar-refractivity contribution in [3.05, 3.63) is 30.2 Å². The highest BCUT2D eigenvalue weighted by atomic mass is 16.3. The largest absolute Gasteiger partial charge is 0.446 e. The number of hydrogen-bond donors (Lipinski definition) is 2. The predicted octanol–water partition coefficient (Wildman–Crippen LogP) is 2.37. The molecule has 5 heteroatoms. The molecule has 1 atom stereocenters. The Labute approximate surface area is 143 Å². The summed E-state index contributed by atoms with van der Waals surface area (Å²) < 4.78 is 5.62. The molecule has 2 fully saturated rings. The van der Waals surface area contributed by atoms with Crippen LogP contribution in [0.3, 0.4) is 0 Å². The number of rotatable bonds is 4. The normalized spacial score (nSPS) is 22.9. The van der Waals surface area contributed by atoms with Gasteiger partial charge in [-0.05, 0) is 75.8 Å². The molecule has 0 spiro atoms. The van der Waals surface area contributed by atoms with Crippen molar-refractivity contribution in [1.82, 2.24) is 15.2 Å². The third kappa shape index (κ3) is 3.08. The second kappa shape index (κ2) is 7.21. The lowest BCUT2D eigenvalue weighted by atomic mass is 9.85. The Bertz CT molecular complexity index is 657. The SMILES string of the molecule is OCC(C1CCNCC1)N1CCC(c2coc3ncccc23)CC1. The summed E-state index contributed by atoms with van der Waals surface area (Å²) in [5, 5.41) is 14.5. The number of furan rings is 1. The zero-order valence-corrected chi connectivity index (χ0v) is 14.2. The maximum Gasteiger partial charge on any atom is 0.226 e. The molecule has 2 aliphatic rings. The minimum atomic E-state index is 0.286. The van der Waals surface area contributed by atoms with Gasteiger partial charge in [0.05, 0.1) is 12.9 Å². The van der Waals surface area contributed by atoms with Gasteiger partial charge in [0.1, 0.15) is 0 Å². The van der Waals surface area contributed by atoms with Crippen LogP contribution in [0.5, 0.6) is 0 Å². The summed E-state index contributed by atoms with van der Waals surface area (Å²) in [5.74, 6) is 1.17. The Kier molecular flexibility index (Phi) is 4.83. The first-order valence-electron chi connectivity index (χ1n) is 9.24. The average molecular weight is 329 g/mol. The van der Waals surface area contributed by atoms with E-state index < -0.39 is 0 Å². The lowest BCUT2D eigenvalue weighted by molar-refractivity contribution is 0.0496. The van der Waals surface area contributed by atoms with Crippen molar-refractivity contribution in [1.29, 1.82) is 0 Å². The molecular formula is C19H27N3O2. The fourth-order valence-corrected chi connectivity index (χ4v) is 4.54. The van der Waals surface area contributed by atoms with Crippen LogP contribution >= 0.6 is 0 Å². The molecule has 0 radical (unpaired) electrons. The van der Waals surface area contributed by atoms with Gasteiger partial charge in [-0.2, -0.15) is 0 Å². The van der Waals surface area contributed by atoms with Gasteiger partial charge in [0.25, 0.3) is 0 Å². The zero-order valence-electron chi connectivity index (χ0n) is 14.2. The number of aliphatic hydroxyl groups excluding tert-OH is 1. The molecule has 2 aromatic rings. The molecule has 24 heavy (non-hydrogen) atoms. The number of nitrogens with one attached hydrogen (secondary N) is 1. The van der Waals surface area contributed by atoms with E-state index in [1.165, 1.54) is 18.4 Å². The van der Waals surface area contributed by atoms with Crippen molar-refractivity contribution >= 4 is 11.1 Å². The summed E-state index contributed by atoms with van der Waals surface area (Å²) in [4.78, 5) is 6.82. The van der Waals surface area contributed by atoms with Crippen LogP contribution in [-0.4, -0.2) is 53.8 Å². The fraction of sp³-hybridized carbons (Fsp3) is 0.632. The third-order valence-electron chi connectivity index (χ3n) is 5.93. The molecule has 0 amide bonds. The molecule has 2 saturated heterocycles. The van der Waals surface area contributed by atoms with Gasteiger partial charge in [-0.25, -0.2) is 4.98 Å². The van der Waals surface area contributed by atoms with Crippen molar-refractivity contribution in [3.63, 3.8) is 0 Å². The molecule has 2 aromatic heterocycles. The second-order valence-electron chi connectivity index (χ2n) is 7.19. The lowest BCUT2D eigenvalue weighted by Gasteiger charge is -2.41. The molecule has 130 valence electrons. The molecule has 4 rings (SSSR count). The molecule has 5 nitrogen and oxygen atoms in total. The zero-order chi connectivity index (χ0) is 16.4. The van der Waals surface area contributed by atoms with E-state index in [9.17, 15) is 5.11 Å². The Morgan fingerprint density at radius 1 is 1.25 bits per heavy atom. The first-order chi connectivity index (χ1) is 11.9. The minimum absolute atomic E-state index is 0.286. The molecule has 0 bridgehead atoms. The van der Waals surface area contributed by atoms with Crippen molar-refractivity contribution in [2.45, 2.75) is 37.6 Å².